The zero-order valence-corrected chi connectivity index (χ0v) is 9.15. The van der Waals surface area contributed by atoms with E-state index in [1.807, 2.05) is 0 Å². The number of hydrogen-bond donors (Lipinski definition) is 2. The summed E-state index contributed by atoms with van der Waals surface area (Å²) in [4.78, 5) is 29.3. The average molecular weight is 236 g/mol. The molecule has 2 aliphatic rings. The van der Waals surface area contributed by atoms with Crippen LogP contribution in [0.2, 0.25) is 0 Å². The molecule has 1 aliphatic carbocycles. The van der Waals surface area contributed by atoms with Crippen LogP contribution in [-0.4, -0.2) is 27.7 Å². The number of aromatic amines is 1. The van der Waals surface area contributed by atoms with E-state index in [0.29, 0.717) is 38.2 Å². The van der Waals surface area contributed by atoms with Gasteiger partial charge in [0, 0.05) is 17.7 Å². The summed E-state index contributed by atoms with van der Waals surface area (Å²) in [5, 5.41) is 9.26. The van der Waals surface area contributed by atoms with Crippen LogP contribution in [0.5, 0.6) is 0 Å². The molecule has 2 heterocycles. The molecule has 2 N–H and O–H groups in total. The number of carbonyl (C=O) groups is 1. The van der Waals surface area contributed by atoms with E-state index >= 15 is 0 Å². The van der Waals surface area contributed by atoms with Crippen LogP contribution < -0.4 is 5.69 Å². The van der Waals surface area contributed by atoms with Gasteiger partial charge in [-0.25, -0.2) is 4.79 Å². The van der Waals surface area contributed by atoms with E-state index in [1.165, 1.54) is 0 Å². The molecule has 1 aromatic heterocycles. The summed E-state index contributed by atoms with van der Waals surface area (Å²) >= 11 is 0. The molecule has 3 rings (SSSR count). The number of carboxylic acids is 1. The molecule has 1 aromatic rings. The van der Waals surface area contributed by atoms with Crippen LogP contribution >= 0.6 is 0 Å². The lowest BCUT2D eigenvalue weighted by molar-refractivity contribution is -0.140. The van der Waals surface area contributed by atoms with Gasteiger partial charge in [-0.2, -0.15) is 4.98 Å². The molecule has 0 spiro atoms. The lowest BCUT2D eigenvalue weighted by atomic mass is 9.95. The fourth-order valence-electron chi connectivity index (χ4n) is 2.33. The van der Waals surface area contributed by atoms with Crippen LogP contribution in [0.15, 0.2) is 4.79 Å². The van der Waals surface area contributed by atoms with Crippen LogP contribution in [0, 0.1) is 0 Å². The van der Waals surface area contributed by atoms with Gasteiger partial charge in [-0.15, -0.1) is 0 Å². The molecule has 90 valence electrons. The highest BCUT2D eigenvalue weighted by molar-refractivity contribution is 5.84. The SMILES string of the molecule is O=C(O)C1(c2nc(=O)[nH]c3c2COCC3)CC1. The monoisotopic (exact) mass is 236 g/mol. The third kappa shape index (κ3) is 1.48. The van der Waals surface area contributed by atoms with Crippen molar-refractivity contribution < 1.29 is 14.6 Å². The van der Waals surface area contributed by atoms with Crippen LogP contribution in [0.4, 0.5) is 0 Å². The number of aliphatic carboxylic acids is 1. The molecule has 6 heteroatoms. The normalized spacial score (nSPS) is 20.7. The highest BCUT2D eigenvalue weighted by atomic mass is 16.5. The molecular weight excluding hydrogens is 224 g/mol. The first kappa shape index (κ1) is 10.5. The minimum Gasteiger partial charge on any atom is -0.481 e. The van der Waals surface area contributed by atoms with Crippen molar-refractivity contribution in [2.24, 2.45) is 0 Å². The largest absolute Gasteiger partial charge is 0.481 e. The van der Waals surface area contributed by atoms with Crippen molar-refractivity contribution in [1.82, 2.24) is 9.97 Å². The van der Waals surface area contributed by atoms with Crippen molar-refractivity contribution in [2.45, 2.75) is 31.3 Å². The topological polar surface area (TPSA) is 92.3 Å². The van der Waals surface area contributed by atoms with E-state index in [9.17, 15) is 14.7 Å². The van der Waals surface area contributed by atoms with Gasteiger partial charge in [0.1, 0.15) is 5.41 Å². The number of nitrogens with zero attached hydrogens (tertiary/aromatic N) is 1. The molecule has 0 radical (unpaired) electrons. The molecule has 0 bridgehead atoms. The van der Waals surface area contributed by atoms with E-state index in [2.05, 4.69) is 9.97 Å². The second-order valence-electron chi connectivity index (χ2n) is 4.54. The number of fused-ring (bicyclic) bond motifs is 1. The van der Waals surface area contributed by atoms with Gasteiger partial charge in [0.05, 0.1) is 18.9 Å². The van der Waals surface area contributed by atoms with Crippen molar-refractivity contribution in [1.29, 1.82) is 0 Å². The summed E-state index contributed by atoms with van der Waals surface area (Å²) in [6.07, 6.45) is 1.70. The maximum absolute atomic E-state index is 11.5. The average Bonchev–Trinajstić information content (AvgIpc) is 3.09. The van der Waals surface area contributed by atoms with E-state index in [-0.39, 0.29) is 0 Å². The van der Waals surface area contributed by atoms with E-state index < -0.39 is 17.1 Å². The Bertz CT molecular complexity index is 545. The maximum Gasteiger partial charge on any atom is 0.345 e. The highest BCUT2D eigenvalue weighted by Crippen LogP contribution is 2.49. The molecule has 0 atom stereocenters. The summed E-state index contributed by atoms with van der Waals surface area (Å²) < 4.78 is 5.32. The Morgan fingerprint density at radius 3 is 2.88 bits per heavy atom. The first-order valence-electron chi connectivity index (χ1n) is 5.57. The van der Waals surface area contributed by atoms with E-state index in [4.69, 9.17) is 4.74 Å². The van der Waals surface area contributed by atoms with Gasteiger partial charge in [0.15, 0.2) is 0 Å². The summed E-state index contributed by atoms with van der Waals surface area (Å²) in [6, 6.07) is 0. The van der Waals surface area contributed by atoms with Gasteiger partial charge in [-0.05, 0) is 12.8 Å². The number of rotatable bonds is 2. The quantitative estimate of drug-likeness (QED) is 0.751. The van der Waals surface area contributed by atoms with Crippen LogP contribution in [-0.2, 0) is 28.0 Å². The van der Waals surface area contributed by atoms with Crippen LogP contribution in [0.3, 0.4) is 0 Å². The van der Waals surface area contributed by atoms with Crippen molar-refractivity contribution in [3.8, 4) is 0 Å². The third-order valence-electron chi connectivity index (χ3n) is 3.48. The van der Waals surface area contributed by atoms with E-state index in [1.54, 1.807) is 0 Å². The summed E-state index contributed by atoms with van der Waals surface area (Å²) in [7, 11) is 0. The zero-order valence-electron chi connectivity index (χ0n) is 9.15. The van der Waals surface area contributed by atoms with Crippen molar-refractivity contribution in [3.05, 3.63) is 27.4 Å². The number of carboxylic acid groups (broad SMARTS) is 1. The minimum atomic E-state index is -0.945. The number of H-pyrrole nitrogens is 1. The number of aromatic nitrogens is 2. The zero-order chi connectivity index (χ0) is 12.0. The van der Waals surface area contributed by atoms with Crippen LogP contribution in [0.25, 0.3) is 0 Å². The lowest BCUT2D eigenvalue weighted by Gasteiger charge is -2.21. The van der Waals surface area contributed by atoms with Gasteiger partial charge < -0.3 is 14.8 Å². The second kappa shape index (κ2) is 3.40. The van der Waals surface area contributed by atoms with Crippen LogP contribution in [0.1, 0.15) is 29.8 Å². The fraction of sp³-hybridized carbons (Fsp3) is 0.545. The number of nitrogens with one attached hydrogen (secondary N) is 1. The molecule has 17 heavy (non-hydrogen) atoms. The molecule has 1 fully saturated rings. The molecule has 0 saturated heterocycles. The Hall–Kier alpha value is -1.69. The van der Waals surface area contributed by atoms with Gasteiger partial charge in [0.25, 0.3) is 0 Å². The van der Waals surface area contributed by atoms with Crippen molar-refractivity contribution in [3.63, 3.8) is 0 Å². The van der Waals surface area contributed by atoms with Crippen molar-refractivity contribution >= 4 is 5.97 Å². The minimum absolute atomic E-state index is 0.337. The number of ether oxygens (including phenoxy) is 1. The molecule has 6 nitrogen and oxygen atoms in total. The Morgan fingerprint density at radius 1 is 1.47 bits per heavy atom. The second-order valence-corrected chi connectivity index (χ2v) is 4.54. The summed E-state index contributed by atoms with van der Waals surface area (Å²) in [5.41, 5.74) is 0.533. The Kier molecular flexibility index (Phi) is 2.09. The highest BCUT2D eigenvalue weighted by Gasteiger charge is 2.54. The molecule has 0 amide bonds. The molecule has 0 unspecified atom stereocenters. The van der Waals surface area contributed by atoms with Gasteiger partial charge in [-0.1, -0.05) is 0 Å². The Balaban J connectivity index is 2.19. The Labute approximate surface area is 96.6 Å². The van der Waals surface area contributed by atoms with Gasteiger partial charge >= 0.3 is 11.7 Å². The predicted octanol–water partition coefficient (Wildman–Crippen LogP) is -0.0412. The first-order chi connectivity index (χ1) is 8.13. The number of hydrogen-bond acceptors (Lipinski definition) is 4. The lowest BCUT2D eigenvalue weighted by Crippen LogP contribution is -2.31. The Morgan fingerprint density at radius 2 is 2.24 bits per heavy atom. The first-order valence-corrected chi connectivity index (χ1v) is 5.57. The molecule has 1 saturated carbocycles. The smallest absolute Gasteiger partial charge is 0.345 e. The molecule has 0 aromatic carbocycles. The predicted molar refractivity (Wildman–Crippen MR) is 56.8 cm³/mol. The van der Waals surface area contributed by atoms with Crippen molar-refractivity contribution in [2.75, 3.05) is 6.61 Å². The standard InChI is InChI=1S/C11H12N2O4/c14-9(15)11(2-3-11)8-6-5-17-4-1-7(6)12-10(16)13-8/h1-5H2,(H,14,15)(H,12,13,16). The van der Waals surface area contributed by atoms with E-state index in [0.717, 1.165) is 11.3 Å². The summed E-state index contributed by atoms with van der Waals surface area (Å²) in [6.45, 7) is 0.885. The van der Waals surface area contributed by atoms with Gasteiger partial charge in [-0.3, -0.25) is 4.79 Å². The third-order valence-corrected chi connectivity index (χ3v) is 3.48. The molecular formula is C11H12N2O4. The van der Waals surface area contributed by atoms with Gasteiger partial charge in [0.2, 0.25) is 0 Å². The fourth-order valence-corrected chi connectivity index (χ4v) is 2.33. The summed E-state index contributed by atoms with van der Waals surface area (Å²) in [5.74, 6) is -0.900. The maximum atomic E-state index is 11.5. The molecule has 1 aliphatic heterocycles.